The number of methoxy groups -OCH3 is 1. The first-order valence-corrected chi connectivity index (χ1v) is 9.68. The van der Waals surface area contributed by atoms with Gasteiger partial charge in [0.25, 0.3) is 5.69 Å². The average Bonchev–Trinajstić information content (AvgIpc) is 2.78. The third kappa shape index (κ3) is 7.47. The van der Waals surface area contributed by atoms with E-state index < -0.39 is 4.92 Å². The van der Waals surface area contributed by atoms with Gasteiger partial charge in [-0.2, -0.15) is 0 Å². The van der Waals surface area contributed by atoms with E-state index in [1.54, 1.807) is 19.2 Å². The molecular weight excluding hydrogens is 418 g/mol. The van der Waals surface area contributed by atoms with Gasteiger partial charge in [0.2, 0.25) is 0 Å². The summed E-state index contributed by atoms with van der Waals surface area (Å²) in [7, 11) is 1.63. The number of rotatable bonds is 11. The number of nitrogens with one attached hydrogen (secondary N) is 2. The van der Waals surface area contributed by atoms with Crippen molar-refractivity contribution in [2.45, 2.75) is 13.2 Å². The molecule has 0 aliphatic rings. The van der Waals surface area contributed by atoms with E-state index >= 15 is 0 Å². The molecule has 0 saturated heterocycles. The number of ether oxygens (including phenoxy) is 2. The van der Waals surface area contributed by atoms with E-state index in [0.29, 0.717) is 31.2 Å². The Bertz CT molecular complexity index is 953. The molecule has 2 N–H and O–H groups in total. The lowest BCUT2D eigenvalue weighted by molar-refractivity contribution is -0.384. The van der Waals surface area contributed by atoms with E-state index in [1.165, 1.54) is 12.1 Å². The third-order valence-corrected chi connectivity index (χ3v) is 4.50. The summed E-state index contributed by atoms with van der Waals surface area (Å²) >= 11 is 0. The molecule has 7 nitrogen and oxygen atoms in total. The minimum Gasteiger partial charge on any atom is -0.493 e. The zero-order valence-electron chi connectivity index (χ0n) is 17.2. The number of halogens is 1. The van der Waals surface area contributed by atoms with Gasteiger partial charge >= 0.3 is 0 Å². The van der Waals surface area contributed by atoms with Gasteiger partial charge in [0, 0.05) is 37.5 Å². The molecule has 0 fully saturated rings. The number of non-ortho nitro benzene ring substituents is 1. The lowest BCUT2D eigenvalue weighted by Gasteiger charge is -2.13. The Morgan fingerprint density at radius 1 is 0.903 bits per heavy atom. The highest BCUT2D eigenvalue weighted by molar-refractivity contribution is 5.85. The molecule has 0 aromatic heterocycles. The Hall–Kier alpha value is -3.29. The Balaban J connectivity index is 0.00000341. The maximum Gasteiger partial charge on any atom is 0.269 e. The second-order valence-corrected chi connectivity index (χ2v) is 6.67. The topological polar surface area (TPSA) is 85.7 Å². The fourth-order valence-electron chi connectivity index (χ4n) is 2.91. The van der Waals surface area contributed by atoms with Crippen LogP contribution in [0.25, 0.3) is 0 Å². The summed E-state index contributed by atoms with van der Waals surface area (Å²) < 4.78 is 11.4. The first-order valence-electron chi connectivity index (χ1n) is 9.68. The lowest BCUT2D eigenvalue weighted by atomic mass is 10.2. The molecule has 8 heteroatoms. The van der Waals surface area contributed by atoms with Crippen molar-refractivity contribution in [2.24, 2.45) is 0 Å². The largest absolute Gasteiger partial charge is 0.493 e. The van der Waals surface area contributed by atoms with Crippen LogP contribution < -0.4 is 20.1 Å². The van der Waals surface area contributed by atoms with Crippen molar-refractivity contribution in [1.29, 1.82) is 0 Å². The molecule has 0 radical (unpaired) electrons. The minimum absolute atomic E-state index is 0. The van der Waals surface area contributed by atoms with Crippen LogP contribution in [0.2, 0.25) is 0 Å². The fourth-order valence-corrected chi connectivity index (χ4v) is 2.91. The van der Waals surface area contributed by atoms with Crippen LogP contribution in [-0.2, 0) is 13.2 Å². The van der Waals surface area contributed by atoms with Gasteiger partial charge in [-0.1, -0.05) is 36.4 Å². The molecule has 0 saturated carbocycles. The molecule has 0 bridgehead atoms. The van der Waals surface area contributed by atoms with Crippen LogP contribution in [0.5, 0.6) is 11.5 Å². The first-order chi connectivity index (χ1) is 14.7. The summed E-state index contributed by atoms with van der Waals surface area (Å²) in [6.45, 7) is 2.62. The molecule has 0 aliphatic heterocycles. The summed E-state index contributed by atoms with van der Waals surface area (Å²) in [5.41, 5.74) is 3.13. The second kappa shape index (κ2) is 12.4. The highest BCUT2D eigenvalue weighted by Crippen LogP contribution is 2.28. The zero-order valence-corrected chi connectivity index (χ0v) is 18.1. The van der Waals surface area contributed by atoms with Gasteiger partial charge < -0.3 is 20.1 Å². The maximum absolute atomic E-state index is 10.7. The minimum atomic E-state index is -0.405. The SMILES string of the molecule is COc1cc(CNCCNc2ccc([N+](=O)[O-])cc2)ccc1OCc1ccccc1.Cl. The van der Waals surface area contributed by atoms with Crippen LogP contribution in [0.4, 0.5) is 11.4 Å². The monoisotopic (exact) mass is 443 g/mol. The van der Waals surface area contributed by atoms with Crippen molar-refractivity contribution in [3.05, 3.63) is 94.0 Å². The van der Waals surface area contributed by atoms with Crippen molar-refractivity contribution in [2.75, 3.05) is 25.5 Å². The molecule has 0 heterocycles. The molecular formula is C23H26ClN3O4. The Labute approximate surface area is 188 Å². The van der Waals surface area contributed by atoms with Gasteiger partial charge in [-0.05, 0) is 35.4 Å². The van der Waals surface area contributed by atoms with Crippen LogP contribution in [0.15, 0.2) is 72.8 Å². The molecule has 164 valence electrons. The number of nitro benzene ring substituents is 1. The Morgan fingerprint density at radius 3 is 2.32 bits per heavy atom. The number of nitro groups is 1. The lowest BCUT2D eigenvalue weighted by Crippen LogP contribution is -2.21. The van der Waals surface area contributed by atoms with Gasteiger partial charge in [-0.3, -0.25) is 10.1 Å². The Kier molecular flexibility index (Phi) is 9.61. The quantitative estimate of drug-likeness (QED) is 0.251. The predicted molar refractivity (Wildman–Crippen MR) is 124 cm³/mol. The third-order valence-electron chi connectivity index (χ3n) is 4.50. The highest BCUT2D eigenvalue weighted by Gasteiger charge is 2.07. The molecule has 31 heavy (non-hydrogen) atoms. The number of nitrogens with zero attached hydrogens (tertiary/aromatic N) is 1. The molecule has 3 rings (SSSR count). The molecule has 0 atom stereocenters. The first kappa shape index (κ1) is 24.0. The predicted octanol–water partition coefficient (Wildman–Crippen LogP) is 4.81. The van der Waals surface area contributed by atoms with Gasteiger partial charge in [-0.25, -0.2) is 0 Å². The Morgan fingerprint density at radius 2 is 1.65 bits per heavy atom. The summed E-state index contributed by atoms with van der Waals surface area (Å²) in [4.78, 5) is 10.3. The van der Waals surface area contributed by atoms with Crippen LogP contribution >= 0.6 is 12.4 Å². The van der Waals surface area contributed by atoms with E-state index in [2.05, 4.69) is 10.6 Å². The molecule has 3 aromatic carbocycles. The van der Waals surface area contributed by atoms with Crippen molar-refractivity contribution < 1.29 is 14.4 Å². The standard InChI is InChI=1S/C23H25N3O4.ClH/c1-29-23-15-19(7-12-22(23)30-17-18-5-3-2-4-6-18)16-24-13-14-25-20-8-10-21(11-9-20)26(27)28;/h2-12,15,24-25H,13-14,16-17H2,1H3;1H. The van der Waals surface area contributed by atoms with Crippen molar-refractivity contribution in [3.63, 3.8) is 0 Å². The number of benzene rings is 3. The summed E-state index contributed by atoms with van der Waals surface area (Å²) in [5.74, 6) is 1.42. The van der Waals surface area contributed by atoms with Gasteiger partial charge in [-0.15, -0.1) is 12.4 Å². The van der Waals surface area contributed by atoms with Crippen molar-refractivity contribution in [3.8, 4) is 11.5 Å². The highest BCUT2D eigenvalue weighted by atomic mass is 35.5. The van der Waals surface area contributed by atoms with E-state index in [4.69, 9.17) is 9.47 Å². The van der Waals surface area contributed by atoms with Crippen molar-refractivity contribution >= 4 is 23.8 Å². The molecule has 3 aromatic rings. The van der Waals surface area contributed by atoms with Crippen molar-refractivity contribution in [1.82, 2.24) is 5.32 Å². The average molecular weight is 444 g/mol. The fraction of sp³-hybridized carbons (Fsp3) is 0.217. The molecule has 0 amide bonds. The van der Waals surface area contributed by atoms with Gasteiger partial charge in [0.1, 0.15) is 6.61 Å². The number of hydrogen-bond acceptors (Lipinski definition) is 6. The molecule has 0 unspecified atom stereocenters. The smallest absolute Gasteiger partial charge is 0.269 e. The zero-order chi connectivity index (χ0) is 21.2. The van der Waals surface area contributed by atoms with E-state index in [0.717, 1.165) is 23.4 Å². The van der Waals surface area contributed by atoms with E-state index in [-0.39, 0.29) is 18.1 Å². The maximum atomic E-state index is 10.7. The normalized spacial score (nSPS) is 10.1. The van der Waals surface area contributed by atoms with E-state index in [9.17, 15) is 10.1 Å². The summed E-state index contributed by atoms with van der Waals surface area (Å²) in [6, 6.07) is 22.3. The number of anilines is 1. The van der Waals surface area contributed by atoms with E-state index in [1.807, 2.05) is 48.5 Å². The van der Waals surface area contributed by atoms with Gasteiger partial charge in [0.05, 0.1) is 12.0 Å². The molecule has 0 aliphatic carbocycles. The summed E-state index contributed by atoms with van der Waals surface area (Å²) in [5, 5.41) is 17.3. The van der Waals surface area contributed by atoms with Crippen LogP contribution in [0.3, 0.4) is 0 Å². The molecule has 0 spiro atoms. The number of hydrogen-bond donors (Lipinski definition) is 2. The van der Waals surface area contributed by atoms with Crippen LogP contribution in [0.1, 0.15) is 11.1 Å². The summed E-state index contributed by atoms with van der Waals surface area (Å²) in [6.07, 6.45) is 0. The van der Waals surface area contributed by atoms with Crippen LogP contribution in [0, 0.1) is 10.1 Å². The van der Waals surface area contributed by atoms with Crippen LogP contribution in [-0.4, -0.2) is 25.1 Å². The second-order valence-electron chi connectivity index (χ2n) is 6.67. The van der Waals surface area contributed by atoms with Gasteiger partial charge in [0.15, 0.2) is 11.5 Å².